The Morgan fingerprint density at radius 3 is 2.33 bits per heavy atom. The number of aliphatic carboxylic acids is 1. The lowest BCUT2D eigenvalue weighted by atomic mass is 10.1. The number of fused-ring (bicyclic) bond motifs is 1. The van der Waals surface area contributed by atoms with E-state index in [2.05, 4.69) is 0 Å². The van der Waals surface area contributed by atoms with E-state index in [9.17, 15) is 24.3 Å². The molecule has 2 aromatic carbocycles. The van der Waals surface area contributed by atoms with Crippen LogP contribution in [0.1, 0.15) is 13.3 Å². The van der Waals surface area contributed by atoms with Crippen LogP contribution in [0, 0.1) is 0 Å². The molecule has 1 saturated heterocycles. The van der Waals surface area contributed by atoms with Crippen molar-refractivity contribution in [1.29, 1.82) is 0 Å². The third-order valence-corrected chi connectivity index (χ3v) is 5.40. The summed E-state index contributed by atoms with van der Waals surface area (Å²) in [4.78, 5) is 53.1. The summed E-state index contributed by atoms with van der Waals surface area (Å²) in [6.07, 6.45) is -0.916. The number of carbonyl (C=O) groups is 4. The second-order valence-electron chi connectivity index (χ2n) is 7.49. The van der Waals surface area contributed by atoms with Crippen LogP contribution in [0.25, 0.3) is 10.8 Å². The van der Waals surface area contributed by atoms with E-state index in [1.54, 1.807) is 19.1 Å². The number of hydrogen-bond donors (Lipinski definition) is 1. The third-order valence-electron chi connectivity index (χ3n) is 5.40. The molecule has 0 atom stereocenters. The lowest BCUT2D eigenvalue weighted by Gasteiger charge is -2.34. The Hall–Kier alpha value is -3.82. The Labute approximate surface area is 191 Å². The van der Waals surface area contributed by atoms with Crippen LogP contribution in [0.2, 0.25) is 0 Å². The number of piperazine rings is 1. The maximum absolute atomic E-state index is 13.0. The lowest BCUT2D eigenvalue weighted by Crippen LogP contribution is -2.51. The zero-order valence-electron chi connectivity index (χ0n) is 18.7. The summed E-state index contributed by atoms with van der Waals surface area (Å²) < 4.78 is 10.4. The highest BCUT2D eigenvalue weighted by Gasteiger charge is 2.28. The summed E-state index contributed by atoms with van der Waals surface area (Å²) in [6, 6.07) is 10.7. The van der Waals surface area contributed by atoms with Crippen LogP contribution >= 0.6 is 0 Å². The van der Waals surface area contributed by atoms with E-state index in [1.807, 2.05) is 24.3 Å². The minimum atomic E-state index is -1.20. The van der Waals surface area contributed by atoms with Crippen LogP contribution in [0.5, 0.6) is 5.75 Å². The Balaban J connectivity index is 1.74. The SMILES string of the molecule is CCOC(=O)N1CCN(C(=O)CC(=O)N(CC(=O)O)c2cc(OC)c3ccccc3c2)CC1. The first-order chi connectivity index (χ1) is 15.8. The molecule has 10 heteroatoms. The van der Waals surface area contributed by atoms with E-state index in [-0.39, 0.29) is 19.7 Å². The van der Waals surface area contributed by atoms with Gasteiger partial charge in [-0.05, 0) is 18.4 Å². The molecule has 0 spiro atoms. The largest absolute Gasteiger partial charge is 0.496 e. The summed E-state index contributed by atoms with van der Waals surface area (Å²) in [5, 5.41) is 11.0. The predicted molar refractivity (Wildman–Crippen MR) is 120 cm³/mol. The normalized spacial score (nSPS) is 13.5. The van der Waals surface area contributed by atoms with Crippen molar-refractivity contribution in [3.05, 3.63) is 36.4 Å². The van der Waals surface area contributed by atoms with E-state index in [4.69, 9.17) is 9.47 Å². The van der Waals surface area contributed by atoms with Crippen molar-refractivity contribution in [3.63, 3.8) is 0 Å². The van der Waals surface area contributed by atoms with Crippen LogP contribution < -0.4 is 9.64 Å². The monoisotopic (exact) mass is 457 g/mol. The average Bonchev–Trinajstić information content (AvgIpc) is 2.81. The van der Waals surface area contributed by atoms with Gasteiger partial charge in [0.05, 0.1) is 13.7 Å². The van der Waals surface area contributed by atoms with Crippen molar-refractivity contribution in [3.8, 4) is 5.75 Å². The number of rotatable bonds is 7. The van der Waals surface area contributed by atoms with Crippen molar-refractivity contribution in [2.24, 2.45) is 0 Å². The topological polar surface area (TPSA) is 117 Å². The van der Waals surface area contributed by atoms with E-state index in [0.29, 0.717) is 24.5 Å². The van der Waals surface area contributed by atoms with Gasteiger partial charge in [-0.3, -0.25) is 14.4 Å². The molecule has 1 fully saturated rings. The van der Waals surface area contributed by atoms with Crippen LogP contribution in [-0.2, 0) is 19.1 Å². The molecule has 176 valence electrons. The number of carboxylic acids is 1. The van der Waals surface area contributed by atoms with Gasteiger partial charge in [-0.2, -0.15) is 0 Å². The maximum atomic E-state index is 13.0. The molecule has 1 aliphatic rings. The third kappa shape index (κ3) is 5.71. The van der Waals surface area contributed by atoms with Gasteiger partial charge in [0, 0.05) is 43.3 Å². The van der Waals surface area contributed by atoms with E-state index in [0.717, 1.165) is 15.7 Å². The number of benzene rings is 2. The zero-order valence-corrected chi connectivity index (χ0v) is 18.7. The summed E-state index contributed by atoms with van der Waals surface area (Å²) >= 11 is 0. The van der Waals surface area contributed by atoms with Gasteiger partial charge in [0.25, 0.3) is 0 Å². The van der Waals surface area contributed by atoms with Gasteiger partial charge in [0.1, 0.15) is 18.7 Å². The number of methoxy groups -OCH3 is 1. The molecule has 0 unspecified atom stereocenters. The summed E-state index contributed by atoms with van der Waals surface area (Å²) in [5.74, 6) is -1.77. The van der Waals surface area contributed by atoms with Crippen molar-refractivity contribution in [2.45, 2.75) is 13.3 Å². The Bertz CT molecular complexity index is 1050. The molecule has 0 saturated carbocycles. The van der Waals surface area contributed by atoms with E-state index < -0.39 is 36.8 Å². The highest BCUT2D eigenvalue weighted by molar-refractivity contribution is 6.08. The molecule has 1 aliphatic heterocycles. The number of anilines is 1. The molecule has 0 aliphatic carbocycles. The van der Waals surface area contributed by atoms with E-state index >= 15 is 0 Å². The molecule has 0 aromatic heterocycles. The minimum absolute atomic E-state index is 0.269. The zero-order chi connectivity index (χ0) is 24.0. The van der Waals surface area contributed by atoms with Crippen molar-refractivity contribution < 1.29 is 33.8 Å². The van der Waals surface area contributed by atoms with Crippen LogP contribution in [0.4, 0.5) is 10.5 Å². The van der Waals surface area contributed by atoms with E-state index in [1.165, 1.54) is 16.9 Å². The molecule has 1 N–H and O–H groups in total. The van der Waals surface area contributed by atoms with Gasteiger partial charge in [-0.25, -0.2) is 4.79 Å². The number of carbonyl (C=O) groups excluding carboxylic acids is 3. The molecule has 0 bridgehead atoms. The molecule has 3 rings (SSSR count). The molecule has 10 nitrogen and oxygen atoms in total. The molecule has 3 amide bonds. The number of hydrogen-bond acceptors (Lipinski definition) is 6. The van der Waals surface area contributed by atoms with Gasteiger partial charge in [0.15, 0.2) is 0 Å². The first kappa shape index (κ1) is 23.8. The highest BCUT2D eigenvalue weighted by Crippen LogP contribution is 2.32. The first-order valence-electron chi connectivity index (χ1n) is 10.6. The number of amides is 3. The second-order valence-corrected chi connectivity index (χ2v) is 7.49. The highest BCUT2D eigenvalue weighted by atomic mass is 16.6. The minimum Gasteiger partial charge on any atom is -0.496 e. The van der Waals surface area contributed by atoms with Gasteiger partial charge in [0.2, 0.25) is 11.8 Å². The second kappa shape index (κ2) is 10.7. The molecule has 33 heavy (non-hydrogen) atoms. The Morgan fingerprint density at radius 2 is 1.70 bits per heavy atom. The fourth-order valence-corrected chi connectivity index (χ4v) is 3.73. The number of nitrogens with zero attached hydrogens (tertiary/aromatic N) is 3. The molecule has 1 heterocycles. The van der Waals surface area contributed by atoms with Gasteiger partial charge in [-0.1, -0.05) is 24.3 Å². The predicted octanol–water partition coefficient (Wildman–Crippen LogP) is 1.96. The van der Waals surface area contributed by atoms with Crippen molar-refractivity contribution in [1.82, 2.24) is 9.80 Å². The standard InChI is InChI=1S/C23H27N3O7/c1-3-33-23(31)25-10-8-24(9-11-25)20(27)14-21(28)26(15-22(29)30)17-12-16-6-4-5-7-18(16)19(13-17)32-2/h4-7,12-13H,3,8-11,14-15H2,1-2H3,(H,29,30). The van der Waals surface area contributed by atoms with Crippen molar-refractivity contribution >= 4 is 40.3 Å². The van der Waals surface area contributed by atoms with Gasteiger partial charge >= 0.3 is 12.1 Å². The van der Waals surface area contributed by atoms with Gasteiger partial charge in [-0.15, -0.1) is 0 Å². The Morgan fingerprint density at radius 1 is 1.03 bits per heavy atom. The summed E-state index contributed by atoms with van der Waals surface area (Å²) in [5.41, 5.74) is 0.331. The Kier molecular flexibility index (Phi) is 7.70. The maximum Gasteiger partial charge on any atom is 0.409 e. The number of ether oxygens (including phenoxy) is 2. The smallest absolute Gasteiger partial charge is 0.409 e. The van der Waals surface area contributed by atoms with Gasteiger partial charge < -0.3 is 29.3 Å². The average molecular weight is 457 g/mol. The summed E-state index contributed by atoms with van der Waals surface area (Å²) in [6.45, 7) is 2.55. The first-order valence-corrected chi connectivity index (χ1v) is 10.6. The molecule has 2 aromatic rings. The van der Waals surface area contributed by atoms with Crippen LogP contribution in [-0.4, -0.2) is 85.2 Å². The van der Waals surface area contributed by atoms with Crippen molar-refractivity contribution in [2.75, 3.05) is 51.3 Å². The summed E-state index contributed by atoms with van der Waals surface area (Å²) in [7, 11) is 1.49. The van der Waals surface area contributed by atoms with Crippen LogP contribution in [0.15, 0.2) is 36.4 Å². The lowest BCUT2D eigenvalue weighted by molar-refractivity contribution is -0.139. The number of carboxylic acid groups (broad SMARTS) is 1. The molecular formula is C23H27N3O7. The molecule has 0 radical (unpaired) electrons. The quantitative estimate of drug-likeness (QED) is 0.632. The fourth-order valence-electron chi connectivity index (χ4n) is 3.73. The fraction of sp³-hybridized carbons (Fsp3) is 0.391. The molecular weight excluding hydrogens is 430 g/mol. The van der Waals surface area contributed by atoms with Crippen LogP contribution in [0.3, 0.4) is 0 Å².